The Morgan fingerprint density at radius 1 is 1.25 bits per heavy atom. The minimum Gasteiger partial charge on any atom is -0.391 e. The number of aliphatic hydroxyl groups is 1. The molecule has 1 N–H and O–H groups in total. The van der Waals surface area contributed by atoms with Crippen LogP contribution in [-0.2, 0) is 0 Å². The van der Waals surface area contributed by atoms with E-state index in [1.54, 1.807) is 0 Å². The predicted octanol–water partition coefficient (Wildman–Crippen LogP) is 3.05. The standard InChI is InChI=1S/C14H29NO/c1-4-7-12-9-10-15(11-12)13(6-3)14(16)8-5-2/h12-14,16H,4-11H2,1-3H3. The highest BCUT2D eigenvalue weighted by molar-refractivity contribution is 4.84. The van der Waals surface area contributed by atoms with Crippen molar-refractivity contribution in [2.75, 3.05) is 13.1 Å². The molecule has 2 heteroatoms. The Kier molecular flexibility index (Phi) is 6.37. The largest absolute Gasteiger partial charge is 0.391 e. The summed E-state index contributed by atoms with van der Waals surface area (Å²) in [6, 6.07) is 0.404. The third-order valence-electron chi connectivity index (χ3n) is 3.93. The summed E-state index contributed by atoms with van der Waals surface area (Å²) in [7, 11) is 0. The summed E-state index contributed by atoms with van der Waals surface area (Å²) in [5.41, 5.74) is 0. The van der Waals surface area contributed by atoms with Crippen molar-refractivity contribution in [1.82, 2.24) is 4.90 Å². The van der Waals surface area contributed by atoms with Gasteiger partial charge in [0.15, 0.2) is 0 Å². The first kappa shape index (κ1) is 14.0. The van der Waals surface area contributed by atoms with Crippen LogP contribution in [0, 0.1) is 5.92 Å². The van der Waals surface area contributed by atoms with Crippen LogP contribution in [0.4, 0.5) is 0 Å². The molecule has 3 atom stereocenters. The summed E-state index contributed by atoms with van der Waals surface area (Å²) in [4.78, 5) is 2.53. The normalized spacial score (nSPS) is 25.9. The molecule has 0 aromatic rings. The van der Waals surface area contributed by atoms with E-state index in [9.17, 15) is 5.11 Å². The molecule has 0 spiro atoms. The molecule has 0 saturated carbocycles. The van der Waals surface area contributed by atoms with Crippen LogP contribution in [0.3, 0.4) is 0 Å². The Bertz CT molecular complexity index is 184. The third kappa shape index (κ3) is 3.74. The number of hydrogen-bond donors (Lipinski definition) is 1. The van der Waals surface area contributed by atoms with Crippen LogP contribution in [0.1, 0.15) is 59.3 Å². The molecule has 1 aliphatic rings. The van der Waals surface area contributed by atoms with Crippen LogP contribution in [-0.4, -0.2) is 35.2 Å². The highest BCUT2D eigenvalue weighted by Crippen LogP contribution is 2.25. The van der Waals surface area contributed by atoms with Crippen molar-refractivity contribution in [3.63, 3.8) is 0 Å². The van der Waals surface area contributed by atoms with E-state index < -0.39 is 0 Å². The quantitative estimate of drug-likeness (QED) is 0.722. The second-order valence-corrected chi connectivity index (χ2v) is 5.27. The smallest absolute Gasteiger partial charge is 0.0695 e. The van der Waals surface area contributed by atoms with E-state index in [1.807, 2.05) is 0 Å². The average Bonchev–Trinajstić information content (AvgIpc) is 2.68. The molecular formula is C14H29NO. The number of aliphatic hydroxyl groups excluding tert-OH is 1. The molecular weight excluding hydrogens is 198 g/mol. The van der Waals surface area contributed by atoms with Gasteiger partial charge in [-0.2, -0.15) is 0 Å². The van der Waals surface area contributed by atoms with Gasteiger partial charge in [-0.1, -0.05) is 33.6 Å². The summed E-state index contributed by atoms with van der Waals surface area (Å²) in [5, 5.41) is 10.1. The lowest BCUT2D eigenvalue weighted by molar-refractivity contribution is 0.0510. The first-order chi connectivity index (χ1) is 7.72. The summed E-state index contributed by atoms with van der Waals surface area (Å²) in [5.74, 6) is 0.882. The van der Waals surface area contributed by atoms with Gasteiger partial charge in [-0.15, -0.1) is 0 Å². The molecule has 2 nitrogen and oxygen atoms in total. The van der Waals surface area contributed by atoms with Crippen molar-refractivity contribution in [2.45, 2.75) is 71.4 Å². The molecule has 0 amide bonds. The van der Waals surface area contributed by atoms with E-state index in [0.717, 1.165) is 25.2 Å². The van der Waals surface area contributed by atoms with E-state index in [4.69, 9.17) is 0 Å². The maximum Gasteiger partial charge on any atom is 0.0695 e. The minimum atomic E-state index is -0.115. The van der Waals surface area contributed by atoms with Gasteiger partial charge in [-0.25, -0.2) is 0 Å². The average molecular weight is 227 g/mol. The van der Waals surface area contributed by atoms with Crippen LogP contribution in [0.15, 0.2) is 0 Å². The topological polar surface area (TPSA) is 23.5 Å². The van der Waals surface area contributed by atoms with E-state index >= 15 is 0 Å². The molecule has 1 rings (SSSR count). The van der Waals surface area contributed by atoms with E-state index in [-0.39, 0.29) is 6.10 Å². The maximum absolute atomic E-state index is 10.1. The lowest BCUT2D eigenvalue weighted by atomic mass is 10.0. The van der Waals surface area contributed by atoms with Crippen molar-refractivity contribution in [1.29, 1.82) is 0 Å². The van der Waals surface area contributed by atoms with Gasteiger partial charge >= 0.3 is 0 Å². The van der Waals surface area contributed by atoms with Gasteiger partial charge < -0.3 is 5.11 Å². The number of nitrogens with zero attached hydrogens (tertiary/aromatic N) is 1. The predicted molar refractivity (Wildman–Crippen MR) is 69.6 cm³/mol. The Balaban J connectivity index is 2.42. The molecule has 0 aromatic carbocycles. The van der Waals surface area contributed by atoms with Crippen LogP contribution in [0.25, 0.3) is 0 Å². The van der Waals surface area contributed by atoms with Crippen molar-refractivity contribution >= 4 is 0 Å². The Morgan fingerprint density at radius 2 is 2.00 bits per heavy atom. The van der Waals surface area contributed by atoms with Gasteiger partial charge in [-0.05, 0) is 38.1 Å². The monoisotopic (exact) mass is 227 g/mol. The molecule has 96 valence electrons. The van der Waals surface area contributed by atoms with Gasteiger partial charge in [0.05, 0.1) is 6.10 Å². The van der Waals surface area contributed by atoms with Gasteiger partial charge in [0.25, 0.3) is 0 Å². The SMILES string of the molecule is CCCC1CCN(C(CC)C(O)CCC)C1. The van der Waals surface area contributed by atoms with Crippen LogP contribution >= 0.6 is 0 Å². The highest BCUT2D eigenvalue weighted by atomic mass is 16.3. The fourth-order valence-electron chi connectivity index (χ4n) is 3.07. The molecule has 1 heterocycles. The summed E-state index contributed by atoms with van der Waals surface area (Å²) < 4.78 is 0. The second kappa shape index (κ2) is 7.29. The van der Waals surface area contributed by atoms with E-state index in [0.29, 0.717) is 6.04 Å². The number of rotatable bonds is 7. The van der Waals surface area contributed by atoms with Crippen molar-refractivity contribution < 1.29 is 5.11 Å². The van der Waals surface area contributed by atoms with Gasteiger partial charge in [-0.3, -0.25) is 4.90 Å². The lowest BCUT2D eigenvalue weighted by Gasteiger charge is -2.31. The molecule has 0 aromatic heterocycles. The fraction of sp³-hybridized carbons (Fsp3) is 1.00. The molecule has 1 fully saturated rings. The molecule has 0 aliphatic carbocycles. The molecule has 16 heavy (non-hydrogen) atoms. The van der Waals surface area contributed by atoms with E-state index in [2.05, 4.69) is 25.7 Å². The molecule has 3 unspecified atom stereocenters. The number of hydrogen-bond acceptors (Lipinski definition) is 2. The van der Waals surface area contributed by atoms with Crippen LogP contribution in [0.5, 0.6) is 0 Å². The molecule has 1 saturated heterocycles. The van der Waals surface area contributed by atoms with Crippen LogP contribution in [0.2, 0.25) is 0 Å². The van der Waals surface area contributed by atoms with Gasteiger partial charge in [0.1, 0.15) is 0 Å². The molecule has 0 bridgehead atoms. The Hall–Kier alpha value is -0.0800. The molecule has 1 aliphatic heterocycles. The first-order valence-corrected chi connectivity index (χ1v) is 7.14. The van der Waals surface area contributed by atoms with Crippen molar-refractivity contribution in [2.24, 2.45) is 5.92 Å². The Labute approximate surface area is 101 Å². The zero-order valence-corrected chi connectivity index (χ0v) is 11.3. The highest BCUT2D eigenvalue weighted by Gasteiger charge is 2.30. The second-order valence-electron chi connectivity index (χ2n) is 5.27. The summed E-state index contributed by atoms with van der Waals surface area (Å²) in [6.07, 6.45) is 7.00. The van der Waals surface area contributed by atoms with Crippen molar-refractivity contribution in [3.8, 4) is 0 Å². The van der Waals surface area contributed by atoms with Gasteiger partial charge in [0, 0.05) is 12.6 Å². The zero-order valence-electron chi connectivity index (χ0n) is 11.3. The lowest BCUT2D eigenvalue weighted by Crippen LogP contribution is -2.42. The van der Waals surface area contributed by atoms with E-state index in [1.165, 1.54) is 32.4 Å². The fourth-order valence-corrected chi connectivity index (χ4v) is 3.07. The zero-order chi connectivity index (χ0) is 12.0. The Morgan fingerprint density at radius 3 is 2.56 bits per heavy atom. The summed E-state index contributed by atoms with van der Waals surface area (Å²) >= 11 is 0. The maximum atomic E-state index is 10.1. The first-order valence-electron chi connectivity index (χ1n) is 7.14. The summed E-state index contributed by atoms with van der Waals surface area (Å²) in [6.45, 7) is 9.04. The van der Waals surface area contributed by atoms with Crippen molar-refractivity contribution in [3.05, 3.63) is 0 Å². The molecule has 0 radical (unpaired) electrons. The third-order valence-corrected chi connectivity index (χ3v) is 3.93. The number of likely N-dealkylation sites (tertiary alicyclic amines) is 1. The van der Waals surface area contributed by atoms with Crippen LogP contribution < -0.4 is 0 Å². The van der Waals surface area contributed by atoms with Gasteiger partial charge in [0.2, 0.25) is 0 Å². The minimum absolute atomic E-state index is 0.115.